The van der Waals surface area contributed by atoms with Crippen LogP contribution in [0.5, 0.6) is 0 Å². The molecule has 0 saturated heterocycles. The highest BCUT2D eigenvalue weighted by Gasteiger charge is 2.20. The van der Waals surface area contributed by atoms with Gasteiger partial charge in [0.05, 0.1) is 0 Å². The van der Waals surface area contributed by atoms with Crippen molar-refractivity contribution in [2.45, 2.75) is 33.1 Å². The first-order valence-electron chi connectivity index (χ1n) is 7.76. The van der Waals surface area contributed by atoms with E-state index in [-0.39, 0.29) is 6.61 Å². The Kier molecular flexibility index (Phi) is 3.98. The molecule has 0 unspecified atom stereocenters. The van der Waals surface area contributed by atoms with Crippen molar-refractivity contribution in [3.05, 3.63) is 58.7 Å². The third kappa shape index (κ3) is 2.81. The maximum atomic E-state index is 9.25. The van der Waals surface area contributed by atoms with Crippen molar-refractivity contribution in [2.75, 3.05) is 18.1 Å². The summed E-state index contributed by atoms with van der Waals surface area (Å²) >= 11 is 0. The zero-order valence-corrected chi connectivity index (χ0v) is 12.9. The molecule has 0 saturated carbocycles. The van der Waals surface area contributed by atoms with E-state index in [1.165, 1.54) is 33.6 Å². The maximum Gasteiger partial charge on any atom is 0.0448 e. The second kappa shape index (κ2) is 5.90. The Morgan fingerprint density at radius 1 is 0.905 bits per heavy atom. The van der Waals surface area contributed by atoms with Crippen LogP contribution in [0.3, 0.4) is 0 Å². The van der Waals surface area contributed by atoms with Crippen molar-refractivity contribution >= 4 is 11.4 Å². The summed E-state index contributed by atoms with van der Waals surface area (Å²) in [6.07, 6.45) is 2.96. The van der Waals surface area contributed by atoms with Gasteiger partial charge in [0.15, 0.2) is 0 Å². The molecule has 0 bridgehead atoms. The number of nitrogens with zero attached hydrogens (tertiary/aromatic N) is 1. The molecule has 2 aromatic carbocycles. The van der Waals surface area contributed by atoms with Gasteiger partial charge in [-0.2, -0.15) is 0 Å². The zero-order chi connectivity index (χ0) is 14.8. The Labute approximate surface area is 127 Å². The third-order valence-electron chi connectivity index (χ3n) is 4.27. The number of hydrogen-bond donors (Lipinski definition) is 1. The van der Waals surface area contributed by atoms with Crippen LogP contribution in [0, 0.1) is 13.8 Å². The second-order valence-electron chi connectivity index (χ2n) is 5.99. The summed E-state index contributed by atoms with van der Waals surface area (Å²) in [5.74, 6) is 0. The van der Waals surface area contributed by atoms with E-state index in [1.807, 2.05) is 0 Å². The van der Waals surface area contributed by atoms with Crippen LogP contribution in [0.1, 0.15) is 28.7 Å². The lowest BCUT2D eigenvalue weighted by atomic mass is 10.0. The van der Waals surface area contributed by atoms with Crippen molar-refractivity contribution < 1.29 is 5.11 Å². The summed E-state index contributed by atoms with van der Waals surface area (Å²) in [6, 6.07) is 13.5. The van der Waals surface area contributed by atoms with Gasteiger partial charge >= 0.3 is 0 Å². The summed E-state index contributed by atoms with van der Waals surface area (Å²) in [4.78, 5) is 2.40. The Hall–Kier alpha value is -1.80. The van der Waals surface area contributed by atoms with Crippen LogP contribution >= 0.6 is 0 Å². The van der Waals surface area contributed by atoms with Gasteiger partial charge in [-0.05, 0) is 67.5 Å². The highest BCUT2D eigenvalue weighted by molar-refractivity contribution is 5.72. The minimum Gasteiger partial charge on any atom is -0.396 e. The first-order valence-corrected chi connectivity index (χ1v) is 7.76. The average molecular weight is 281 g/mol. The predicted octanol–water partition coefficient (Wildman–Crippen LogP) is 3.92. The average Bonchev–Trinajstić information content (AvgIpc) is 2.62. The van der Waals surface area contributed by atoms with Crippen molar-refractivity contribution in [2.24, 2.45) is 0 Å². The number of aliphatic hydroxyl groups is 1. The van der Waals surface area contributed by atoms with E-state index in [4.69, 9.17) is 0 Å². The van der Waals surface area contributed by atoms with Gasteiger partial charge in [-0.25, -0.2) is 0 Å². The molecular weight excluding hydrogens is 258 g/mol. The van der Waals surface area contributed by atoms with Crippen LogP contribution < -0.4 is 4.90 Å². The van der Waals surface area contributed by atoms with E-state index >= 15 is 0 Å². The van der Waals surface area contributed by atoms with Gasteiger partial charge in [-0.3, -0.25) is 0 Å². The van der Waals surface area contributed by atoms with Crippen LogP contribution in [0.25, 0.3) is 0 Å². The summed E-state index contributed by atoms with van der Waals surface area (Å²) in [7, 11) is 0. The molecule has 0 amide bonds. The van der Waals surface area contributed by atoms with Gasteiger partial charge in [0, 0.05) is 24.5 Å². The monoisotopic (exact) mass is 281 g/mol. The molecule has 0 fully saturated rings. The van der Waals surface area contributed by atoms with Gasteiger partial charge in [-0.1, -0.05) is 24.3 Å². The molecular formula is C19H23NO. The smallest absolute Gasteiger partial charge is 0.0448 e. The van der Waals surface area contributed by atoms with Gasteiger partial charge in [0.1, 0.15) is 0 Å². The highest BCUT2D eigenvalue weighted by Crippen LogP contribution is 2.37. The number of rotatable bonds is 3. The van der Waals surface area contributed by atoms with Gasteiger partial charge in [-0.15, -0.1) is 0 Å². The van der Waals surface area contributed by atoms with Crippen LogP contribution in [-0.2, 0) is 12.8 Å². The van der Waals surface area contributed by atoms with Crippen molar-refractivity contribution in [1.82, 2.24) is 0 Å². The quantitative estimate of drug-likeness (QED) is 0.921. The van der Waals surface area contributed by atoms with Gasteiger partial charge in [0.25, 0.3) is 0 Å². The van der Waals surface area contributed by atoms with E-state index in [2.05, 4.69) is 55.1 Å². The summed E-state index contributed by atoms with van der Waals surface area (Å²) in [5, 5.41) is 9.25. The SMILES string of the molecule is Cc1ccc2c(c1)N(CCCO)c1cc(C)ccc1CC2. The Morgan fingerprint density at radius 3 is 1.90 bits per heavy atom. The lowest BCUT2D eigenvalue weighted by molar-refractivity contribution is 0.291. The van der Waals surface area contributed by atoms with Gasteiger partial charge < -0.3 is 10.0 Å². The number of aryl methyl sites for hydroxylation is 4. The molecule has 1 N–H and O–H groups in total. The van der Waals surface area contributed by atoms with E-state index in [9.17, 15) is 5.11 Å². The number of aliphatic hydroxyl groups excluding tert-OH is 1. The fourth-order valence-corrected chi connectivity index (χ4v) is 3.14. The number of benzene rings is 2. The molecule has 110 valence electrons. The minimum atomic E-state index is 0.235. The van der Waals surface area contributed by atoms with Gasteiger partial charge in [0.2, 0.25) is 0 Å². The topological polar surface area (TPSA) is 23.5 Å². The zero-order valence-electron chi connectivity index (χ0n) is 12.9. The number of fused-ring (bicyclic) bond motifs is 2. The van der Waals surface area contributed by atoms with Crippen molar-refractivity contribution in [3.8, 4) is 0 Å². The molecule has 0 radical (unpaired) electrons. The fraction of sp³-hybridized carbons (Fsp3) is 0.368. The first kappa shape index (κ1) is 14.2. The largest absolute Gasteiger partial charge is 0.396 e. The lowest BCUT2D eigenvalue weighted by Crippen LogP contribution is -2.20. The summed E-state index contributed by atoms with van der Waals surface area (Å²) in [5.41, 5.74) is 8.03. The maximum absolute atomic E-state index is 9.25. The van der Waals surface area contributed by atoms with Crippen LogP contribution in [-0.4, -0.2) is 18.3 Å². The normalized spacial score (nSPS) is 13.6. The number of anilines is 2. The molecule has 0 atom stereocenters. The Balaban J connectivity index is 2.13. The van der Waals surface area contributed by atoms with Crippen LogP contribution in [0.2, 0.25) is 0 Å². The van der Waals surface area contributed by atoms with Crippen LogP contribution in [0.15, 0.2) is 36.4 Å². The molecule has 0 spiro atoms. The fourth-order valence-electron chi connectivity index (χ4n) is 3.14. The summed E-state index contributed by atoms with van der Waals surface area (Å²) in [6.45, 7) is 5.39. The highest BCUT2D eigenvalue weighted by atomic mass is 16.3. The molecule has 2 heteroatoms. The Bertz CT molecular complexity index is 595. The predicted molar refractivity (Wildman–Crippen MR) is 88.5 cm³/mol. The molecule has 3 rings (SSSR count). The first-order chi connectivity index (χ1) is 10.2. The third-order valence-corrected chi connectivity index (χ3v) is 4.27. The van der Waals surface area contributed by atoms with Crippen molar-refractivity contribution in [1.29, 1.82) is 0 Å². The molecule has 0 aliphatic carbocycles. The summed E-state index contributed by atoms with van der Waals surface area (Å²) < 4.78 is 0. The minimum absolute atomic E-state index is 0.235. The van der Waals surface area contributed by atoms with E-state index in [0.29, 0.717) is 0 Å². The van der Waals surface area contributed by atoms with Crippen LogP contribution in [0.4, 0.5) is 11.4 Å². The molecule has 1 heterocycles. The lowest BCUT2D eigenvalue weighted by Gasteiger charge is -2.27. The molecule has 1 aliphatic rings. The Morgan fingerprint density at radius 2 is 1.43 bits per heavy atom. The van der Waals surface area contributed by atoms with E-state index in [0.717, 1.165) is 25.8 Å². The molecule has 2 aromatic rings. The molecule has 2 nitrogen and oxygen atoms in total. The molecule has 0 aromatic heterocycles. The molecule has 1 aliphatic heterocycles. The van der Waals surface area contributed by atoms with E-state index < -0.39 is 0 Å². The number of hydrogen-bond acceptors (Lipinski definition) is 2. The van der Waals surface area contributed by atoms with E-state index in [1.54, 1.807) is 0 Å². The standard InChI is InChI=1S/C19H23NO/c1-14-4-6-16-8-9-17-7-5-15(2)13-19(17)20(10-3-11-21)18(16)12-14/h4-7,12-13,21H,3,8-11H2,1-2H3. The second-order valence-corrected chi connectivity index (χ2v) is 5.99. The van der Waals surface area contributed by atoms with Crippen molar-refractivity contribution in [3.63, 3.8) is 0 Å². The molecule has 21 heavy (non-hydrogen) atoms.